The Morgan fingerprint density at radius 3 is 1.97 bits per heavy atom. The van der Waals surface area contributed by atoms with Crippen molar-refractivity contribution in [3.8, 4) is 0 Å². The zero-order valence-electron chi connectivity index (χ0n) is 15.9. The van der Waals surface area contributed by atoms with Crippen LogP contribution in [-0.4, -0.2) is 80.5 Å². The van der Waals surface area contributed by atoms with Gasteiger partial charge in [0, 0.05) is 26.3 Å². The van der Waals surface area contributed by atoms with Crippen LogP contribution in [0.3, 0.4) is 0 Å². The van der Waals surface area contributed by atoms with E-state index < -0.39 is 60.2 Å². The number of rotatable bonds is 11. The molecule has 0 aromatic heterocycles. The minimum Gasteiger partial charge on any atom is -0.481 e. The Balaban J connectivity index is 2.86. The normalized spacial score (nSPS) is 17.8. The van der Waals surface area contributed by atoms with Gasteiger partial charge in [0.15, 0.2) is 0 Å². The first-order chi connectivity index (χ1) is 13.5. The van der Waals surface area contributed by atoms with Gasteiger partial charge in [0.1, 0.15) is 18.1 Å². The molecule has 162 valence electrons. The molecular formula is C17H25N3O9. The Kier molecular flexibility index (Phi) is 9.03. The third-order valence-corrected chi connectivity index (χ3v) is 4.42. The minimum absolute atomic E-state index is 0.158. The molecule has 1 fully saturated rings. The molecule has 0 aromatic carbocycles. The van der Waals surface area contributed by atoms with Crippen molar-refractivity contribution in [1.29, 1.82) is 0 Å². The first kappa shape index (κ1) is 23.9. The zero-order valence-corrected chi connectivity index (χ0v) is 15.9. The van der Waals surface area contributed by atoms with Gasteiger partial charge in [0.2, 0.25) is 17.7 Å². The SMILES string of the molecule is CC(=O)N[C@@H](CCC(=O)O)C(=O)N1CCC[C@H]1C(=O)N[C@@H](CCC(=O)O)C(=O)O. The van der Waals surface area contributed by atoms with Crippen LogP contribution < -0.4 is 10.6 Å². The summed E-state index contributed by atoms with van der Waals surface area (Å²) in [7, 11) is 0. The molecule has 0 aliphatic carbocycles. The number of hydrogen-bond acceptors (Lipinski definition) is 6. The second-order valence-corrected chi connectivity index (χ2v) is 6.71. The fourth-order valence-corrected chi connectivity index (χ4v) is 3.07. The third kappa shape index (κ3) is 7.76. The molecule has 0 aromatic rings. The molecule has 1 heterocycles. The van der Waals surface area contributed by atoms with E-state index in [2.05, 4.69) is 10.6 Å². The number of carbonyl (C=O) groups excluding carboxylic acids is 3. The average Bonchev–Trinajstić information content (AvgIpc) is 3.10. The molecule has 0 radical (unpaired) electrons. The molecule has 1 rings (SSSR count). The minimum atomic E-state index is -1.42. The van der Waals surface area contributed by atoms with E-state index in [1.807, 2.05) is 0 Å². The van der Waals surface area contributed by atoms with Crippen molar-refractivity contribution in [2.75, 3.05) is 6.54 Å². The number of aliphatic carboxylic acids is 3. The summed E-state index contributed by atoms with van der Waals surface area (Å²) >= 11 is 0. The van der Waals surface area contributed by atoms with Crippen molar-refractivity contribution in [2.24, 2.45) is 0 Å². The van der Waals surface area contributed by atoms with Crippen LogP contribution in [0.5, 0.6) is 0 Å². The van der Waals surface area contributed by atoms with E-state index in [-0.39, 0.29) is 32.2 Å². The van der Waals surface area contributed by atoms with Crippen LogP contribution in [-0.2, 0) is 28.8 Å². The summed E-state index contributed by atoms with van der Waals surface area (Å²) in [5, 5.41) is 31.3. The lowest BCUT2D eigenvalue weighted by atomic mass is 10.1. The number of carboxylic acids is 3. The predicted octanol–water partition coefficient (Wildman–Crippen LogP) is -1.22. The Bertz CT molecular complexity index is 679. The quantitative estimate of drug-likeness (QED) is 0.275. The summed E-state index contributed by atoms with van der Waals surface area (Å²) in [4.78, 5) is 70.6. The monoisotopic (exact) mass is 415 g/mol. The number of nitrogens with one attached hydrogen (secondary N) is 2. The number of likely N-dealkylation sites (tertiary alicyclic amines) is 1. The van der Waals surface area contributed by atoms with Gasteiger partial charge in [-0.1, -0.05) is 0 Å². The second kappa shape index (κ2) is 11.0. The van der Waals surface area contributed by atoms with Crippen LogP contribution in [0.25, 0.3) is 0 Å². The van der Waals surface area contributed by atoms with E-state index >= 15 is 0 Å². The van der Waals surface area contributed by atoms with Crippen LogP contribution >= 0.6 is 0 Å². The maximum Gasteiger partial charge on any atom is 0.326 e. The Morgan fingerprint density at radius 1 is 0.931 bits per heavy atom. The molecule has 3 amide bonds. The van der Waals surface area contributed by atoms with Crippen molar-refractivity contribution < 1.29 is 44.1 Å². The third-order valence-electron chi connectivity index (χ3n) is 4.42. The van der Waals surface area contributed by atoms with Crippen LogP contribution in [0.2, 0.25) is 0 Å². The van der Waals surface area contributed by atoms with Gasteiger partial charge in [-0.05, 0) is 25.7 Å². The van der Waals surface area contributed by atoms with E-state index in [0.29, 0.717) is 6.42 Å². The van der Waals surface area contributed by atoms with Gasteiger partial charge in [-0.25, -0.2) is 4.79 Å². The molecule has 1 aliphatic heterocycles. The van der Waals surface area contributed by atoms with E-state index in [9.17, 15) is 33.9 Å². The summed E-state index contributed by atoms with van der Waals surface area (Å²) in [6, 6.07) is -3.54. The molecule has 12 heteroatoms. The second-order valence-electron chi connectivity index (χ2n) is 6.71. The van der Waals surface area contributed by atoms with Crippen LogP contribution in [0.4, 0.5) is 0 Å². The van der Waals surface area contributed by atoms with Crippen LogP contribution in [0, 0.1) is 0 Å². The largest absolute Gasteiger partial charge is 0.481 e. The van der Waals surface area contributed by atoms with Crippen molar-refractivity contribution in [3.05, 3.63) is 0 Å². The van der Waals surface area contributed by atoms with Crippen molar-refractivity contribution in [3.63, 3.8) is 0 Å². The predicted molar refractivity (Wildman–Crippen MR) is 95.6 cm³/mol. The lowest BCUT2D eigenvalue weighted by molar-refractivity contribution is -0.145. The highest BCUT2D eigenvalue weighted by Gasteiger charge is 2.38. The molecule has 0 saturated carbocycles. The van der Waals surface area contributed by atoms with Crippen LogP contribution in [0.15, 0.2) is 0 Å². The number of carboxylic acid groups (broad SMARTS) is 3. The highest BCUT2D eigenvalue weighted by molar-refractivity contribution is 5.93. The standard InChI is InChI=1S/C17H25N3O9/c1-9(21)18-10(4-6-13(22)23)16(27)20-8-2-3-12(20)15(26)19-11(17(28)29)5-7-14(24)25/h10-12H,2-8H2,1H3,(H,18,21)(H,19,26)(H,22,23)(H,24,25)(H,28,29)/t10-,11-,12-/m0/s1. The Morgan fingerprint density at radius 2 is 1.48 bits per heavy atom. The fourth-order valence-electron chi connectivity index (χ4n) is 3.07. The van der Waals surface area contributed by atoms with Gasteiger partial charge < -0.3 is 30.9 Å². The van der Waals surface area contributed by atoms with E-state index in [1.54, 1.807) is 0 Å². The summed E-state index contributed by atoms with van der Waals surface area (Å²) in [5.41, 5.74) is 0. The fraction of sp³-hybridized carbons (Fsp3) is 0.647. The maximum absolute atomic E-state index is 12.8. The van der Waals surface area contributed by atoms with E-state index in [4.69, 9.17) is 10.2 Å². The first-order valence-electron chi connectivity index (χ1n) is 9.07. The Labute approximate surface area is 166 Å². The number of carbonyl (C=O) groups is 6. The zero-order chi connectivity index (χ0) is 22.1. The van der Waals surface area contributed by atoms with Crippen molar-refractivity contribution in [1.82, 2.24) is 15.5 Å². The lowest BCUT2D eigenvalue weighted by Crippen LogP contribution is -2.55. The van der Waals surface area contributed by atoms with Gasteiger partial charge in [0.05, 0.1) is 0 Å². The molecular weight excluding hydrogens is 390 g/mol. The highest BCUT2D eigenvalue weighted by Crippen LogP contribution is 2.20. The molecule has 0 spiro atoms. The van der Waals surface area contributed by atoms with Gasteiger partial charge in [-0.15, -0.1) is 0 Å². The molecule has 0 bridgehead atoms. The summed E-state index contributed by atoms with van der Waals surface area (Å²) < 4.78 is 0. The lowest BCUT2D eigenvalue weighted by Gasteiger charge is -2.29. The maximum atomic E-state index is 12.8. The molecule has 1 saturated heterocycles. The van der Waals surface area contributed by atoms with Gasteiger partial charge in [-0.2, -0.15) is 0 Å². The average molecular weight is 415 g/mol. The smallest absolute Gasteiger partial charge is 0.326 e. The van der Waals surface area contributed by atoms with E-state index in [0.717, 1.165) is 0 Å². The van der Waals surface area contributed by atoms with E-state index in [1.165, 1.54) is 11.8 Å². The van der Waals surface area contributed by atoms with Crippen molar-refractivity contribution in [2.45, 2.75) is 63.6 Å². The van der Waals surface area contributed by atoms with Gasteiger partial charge in [0.25, 0.3) is 0 Å². The number of nitrogens with zero attached hydrogens (tertiary/aromatic N) is 1. The first-order valence-corrected chi connectivity index (χ1v) is 9.07. The number of hydrogen-bond donors (Lipinski definition) is 5. The van der Waals surface area contributed by atoms with Gasteiger partial charge >= 0.3 is 17.9 Å². The Hall–Kier alpha value is -3.18. The number of amides is 3. The summed E-state index contributed by atoms with van der Waals surface area (Å²) in [5.74, 6) is -5.65. The molecule has 3 atom stereocenters. The molecule has 0 unspecified atom stereocenters. The summed E-state index contributed by atoms with van der Waals surface area (Å²) in [6.45, 7) is 1.36. The topological polar surface area (TPSA) is 190 Å². The molecule has 1 aliphatic rings. The molecule has 29 heavy (non-hydrogen) atoms. The highest BCUT2D eigenvalue weighted by atomic mass is 16.4. The van der Waals surface area contributed by atoms with Crippen molar-refractivity contribution >= 4 is 35.6 Å². The molecule has 12 nitrogen and oxygen atoms in total. The summed E-state index contributed by atoms with van der Waals surface area (Å²) in [6.07, 6.45) is -0.571. The molecule has 5 N–H and O–H groups in total. The van der Waals surface area contributed by atoms with Crippen LogP contribution in [0.1, 0.15) is 45.4 Å². The van der Waals surface area contributed by atoms with Gasteiger partial charge in [-0.3, -0.25) is 24.0 Å².